The van der Waals surface area contributed by atoms with E-state index >= 15 is 0 Å². The Morgan fingerprint density at radius 1 is 1.18 bits per heavy atom. The summed E-state index contributed by atoms with van der Waals surface area (Å²) in [6, 6.07) is 13.6. The summed E-state index contributed by atoms with van der Waals surface area (Å²) in [5.41, 5.74) is 4.21. The molecular formula is C32H32F2IN6O9P. The summed E-state index contributed by atoms with van der Waals surface area (Å²) in [5, 5.41) is 26.7. The molecule has 19 heteroatoms. The van der Waals surface area contributed by atoms with Gasteiger partial charge in [-0.1, -0.05) is 36.4 Å². The number of nitrogens with zero attached hydrogens (tertiary/aromatic N) is 4. The van der Waals surface area contributed by atoms with Crippen LogP contribution in [0.1, 0.15) is 25.6 Å². The monoisotopic (exact) mass is 840 g/mol. The van der Waals surface area contributed by atoms with Crippen molar-refractivity contribution in [2.24, 2.45) is 0 Å². The van der Waals surface area contributed by atoms with Gasteiger partial charge in [-0.05, 0) is 37.4 Å². The van der Waals surface area contributed by atoms with Gasteiger partial charge in [0.05, 0.1) is 13.7 Å². The van der Waals surface area contributed by atoms with Crippen molar-refractivity contribution in [3.63, 3.8) is 0 Å². The lowest BCUT2D eigenvalue weighted by atomic mass is 9.96. The number of hydrogen-bond acceptors (Lipinski definition) is 13. The van der Waals surface area contributed by atoms with Crippen LogP contribution in [0.4, 0.5) is 14.7 Å². The maximum Gasteiger partial charge on any atom is 0.459 e. The second kappa shape index (κ2) is 14.5. The smallest absolute Gasteiger partial charge is 0.459 e. The van der Waals surface area contributed by atoms with Crippen LogP contribution in [0.5, 0.6) is 11.6 Å². The molecule has 6 atom stereocenters. The van der Waals surface area contributed by atoms with Crippen LogP contribution >= 0.6 is 30.3 Å². The standard InChI is InChI=1S/C32H32F2IN6O9P/c1-16(28(43)47-14-18-11-12-19(33)13-21(18)34)40-51(45,50-22-10-6-8-17-7-4-5-9-20(17)22)48-15-23-25(42)32(2,44)29(49-23)41-26-24(37-30(41)35)27(46-3)39-31(36)38-26/h4-13,16,23,25,29,42,44H,14-15H2,1-3H3,(H,40,45)(H2,36,38,39)/t16-,23?,25+,29+,32+,51?/m0/s1. The van der Waals surface area contributed by atoms with E-state index in [0.29, 0.717) is 15.3 Å². The molecule has 51 heavy (non-hydrogen) atoms. The summed E-state index contributed by atoms with van der Waals surface area (Å²) in [7, 11) is -3.18. The summed E-state index contributed by atoms with van der Waals surface area (Å²) in [6.45, 7) is 1.50. The highest BCUT2D eigenvalue weighted by Crippen LogP contribution is 2.49. The van der Waals surface area contributed by atoms with Gasteiger partial charge in [-0.25, -0.2) is 18.3 Å². The number of aliphatic hydroxyl groups excluding tert-OH is 1. The zero-order valence-corrected chi connectivity index (χ0v) is 30.2. The Hall–Kier alpha value is -4.04. The van der Waals surface area contributed by atoms with Crippen molar-refractivity contribution < 1.29 is 51.6 Å². The van der Waals surface area contributed by atoms with Crippen molar-refractivity contribution in [2.75, 3.05) is 19.5 Å². The number of nitrogen functional groups attached to an aromatic ring is 1. The van der Waals surface area contributed by atoms with E-state index in [1.807, 2.05) is 40.8 Å². The molecule has 2 aromatic heterocycles. The van der Waals surface area contributed by atoms with E-state index in [4.69, 9.17) is 29.0 Å². The van der Waals surface area contributed by atoms with Crippen molar-refractivity contribution in [3.05, 3.63) is 81.7 Å². The largest absolute Gasteiger partial charge is 0.479 e. The maximum absolute atomic E-state index is 14.5. The second-order valence-electron chi connectivity index (χ2n) is 11.8. The molecule has 0 aliphatic carbocycles. The Labute approximate surface area is 302 Å². The number of hydrogen-bond donors (Lipinski definition) is 4. The fourth-order valence-electron chi connectivity index (χ4n) is 5.51. The molecule has 1 aliphatic rings. The van der Waals surface area contributed by atoms with Crippen molar-refractivity contribution in [1.29, 1.82) is 0 Å². The maximum atomic E-state index is 14.5. The van der Waals surface area contributed by atoms with Gasteiger partial charge in [0.2, 0.25) is 11.8 Å². The number of methoxy groups -OCH3 is 1. The van der Waals surface area contributed by atoms with Gasteiger partial charge >= 0.3 is 13.7 Å². The summed E-state index contributed by atoms with van der Waals surface area (Å²) in [4.78, 5) is 25.6. The molecule has 3 heterocycles. The van der Waals surface area contributed by atoms with Crippen LogP contribution in [0.3, 0.4) is 0 Å². The zero-order valence-electron chi connectivity index (χ0n) is 27.2. The molecule has 0 radical (unpaired) electrons. The minimum absolute atomic E-state index is 0.0784. The third-order valence-corrected chi connectivity index (χ3v) is 10.5. The highest BCUT2D eigenvalue weighted by Gasteiger charge is 2.55. The van der Waals surface area contributed by atoms with Crippen LogP contribution in [-0.4, -0.2) is 73.3 Å². The molecule has 1 fully saturated rings. The minimum Gasteiger partial charge on any atom is -0.479 e. The van der Waals surface area contributed by atoms with Gasteiger partial charge in [-0.3, -0.25) is 13.9 Å². The fourth-order valence-corrected chi connectivity index (χ4v) is 7.75. The van der Waals surface area contributed by atoms with E-state index in [-0.39, 0.29) is 34.3 Å². The number of aliphatic hydroxyl groups is 2. The van der Waals surface area contributed by atoms with E-state index in [0.717, 1.165) is 17.5 Å². The molecule has 0 bridgehead atoms. The van der Waals surface area contributed by atoms with E-state index < -0.39 is 68.6 Å². The van der Waals surface area contributed by atoms with Crippen LogP contribution < -0.4 is 20.1 Å². The molecule has 0 spiro atoms. The highest BCUT2D eigenvalue weighted by molar-refractivity contribution is 14.1. The SMILES string of the molecule is COc1nc(N)nc2c1nc(I)n2[C@@H]1OC(COP(=O)(N[C@@H](C)C(=O)OCc2ccc(F)cc2F)Oc2cccc3ccccc23)[C@@H](O)[C@@]1(C)O. The van der Waals surface area contributed by atoms with Crippen molar-refractivity contribution >= 4 is 64.2 Å². The van der Waals surface area contributed by atoms with E-state index in [9.17, 15) is 28.4 Å². The van der Waals surface area contributed by atoms with Gasteiger partial charge < -0.3 is 34.7 Å². The zero-order chi connectivity index (χ0) is 36.7. The van der Waals surface area contributed by atoms with Crippen molar-refractivity contribution in [2.45, 2.75) is 50.5 Å². The number of fused-ring (bicyclic) bond motifs is 2. The number of aromatic nitrogens is 4. The van der Waals surface area contributed by atoms with Gasteiger partial charge in [0, 0.05) is 39.6 Å². The predicted octanol–water partition coefficient (Wildman–Crippen LogP) is 4.39. The number of halogens is 3. The molecule has 5 N–H and O–H groups in total. The van der Waals surface area contributed by atoms with Crippen LogP contribution in [-0.2, 0) is 30.0 Å². The molecule has 2 unspecified atom stereocenters. The van der Waals surface area contributed by atoms with Crippen LogP contribution in [0.25, 0.3) is 21.9 Å². The Bertz CT molecular complexity index is 2150. The average Bonchev–Trinajstić information content (AvgIpc) is 3.52. The number of rotatable bonds is 12. The summed E-state index contributed by atoms with van der Waals surface area (Å²) in [5.74, 6) is -2.57. The fraction of sp³-hybridized carbons (Fsp3) is 0.312. The number of ether oxygens (including phenoxy) is 3. The normalized spacial score (nSPS) is 22.2. The molecule has 15 nitrogen and oxygen atoms in total. The van der Waals surface area contributed by atoms with Gasteiger partial charge in [0.25, 0.3) is 0 Å². The molecular weight excluding hydrogens is 808 g/mol. The van der Waals surface area contributed by atoms with Crippen molar-refractivity contribution in [1.82, 2.24) is 24.6 Å². The first-order valence-corrected chi connectivity index (χ1v) is 17.9. The van der Waals surface area contributed by atoms with Gasteiger partial charge in [-0.2, -0.15) is 15.1 Å². The first-order valence-electron chi connectivity index (χ1n) is 15.3. The van der Waals surface area contributed by atoms with Crippen LogP contribution in [0.2, 0.25) is 0 Å². The second-order valence-corrected chi connectivity index (χ2v) is 14.4. The van der Waals surface area contributed by atoms with E-state index in [1.54, 1.807) is 24.3 Å². The molecule has 270 valence electrons. The summed E-state index contributed by atoms with van der Waals surface area (Å²) < 4.78 is 72.0. The number of carbonyl (C=O) groups excluding carboxylic acids is 1. The number of nitrogens with two attached hydrogens (primary N) is 1. The highest BCUT2D eigenvalue weighted by atomic mass is 127. The number of nitrogens with one attached hydrogen (secondary N) is 1. The Morgan fingerprint density at radius 3 is 2.67 bits per heavy atom. The molecule has 1 saturated heterocycles. The van der Waals surface area contributed by atoms with Crippen LogP contribution in [0.15, 0.2) is 60.7 Å². The summed E-state index contributed by atoms with van der Waals surface area (Å²) in [6.07, 6.45) is -4.23. The molecule has 1 aliphatic heterocycles. The lowest BCUT2D eigenvalue weighted by Crippen LogP contribution is -2.45. The van der Waals surface area contributed by atoms with E-state index in [2.05, 4.69) is 20.0 Å². The number of benzene rings is 3. The lowest BCUT2D eigenvalue weighted by molar-refractivity contribution is -0.146. The first kappa shape index (κ1) is 36.7. The third kappa shape index (κ3) is 7.48. The Balaban J connectivity index is 1.25. The Morgan fingerprint density at radius 2 is 1.92 bits per heavy atom. The number of esters is 1. The molecule has 6 rings (SSSR count). The quantitative estimate of drug-likeness (QED) is 0.0597. The predicted molar refractivity (Wildman–Crippen MR) is 186 cm³/mol. The molecule has 0 saturated carbocycles. The molecule has 3 aromatic carbocycles. The first-order chi connectivity index (χ1) is 24.2. The number of anilines is 1. The minimum atomic E-state index is -4.56. The average molecular weight is 841 g/mol. The molecule has 5 aromatic rings. The number of imidazole rings is 1. The van der Waals surface area contributed by atoms with Gasteiger partial charge in [0.15, 0.2) is 21.2 Å². The van der Waals surface area contributed by atoms with Crippen LogP contribution in [0, 0.1) is 15.5 Å². The lowest BCUT2D eigenvalue weighted by Gasteiger charge is -2.28. The van der Waals surface area contributed by atoms with Crippen molar-refractivity contribution in [3.8, 4) is 11.6 Å². The van der Waals surface area contributed by atoms with E-state index in [1.165, 1.54) is 25.5 Å². The third-order valence-electron chi connectivity index (χ3n) is 8.13. The van der Waals surface area contributed by atoms with Gasteiger partial charge in [-0.15, -0.1) is 0 Å². The van der Waals surface area contributed by atoms with Gasteiger partial charge in [0.1, 0.15) is 47.8 Å². The topological polar surface area (TPSA) is 202 Å². The Kier molecular flexibility index (Phi) is 10.5. The molecule has 0 amide bonds. The number of carbonyl (C=O) groups is 1. The summed E-state index contributed by atoms with van der Waals surface area (Å²) >= 11 is 1.89.